The molecule has 0 spiro atoms. The van der Waals surface area contributed by atoms with Crippen molar-refractivity contribution >= 4 is 5.91 Å². The summed E-state index contributed by atoms with van der Waals surface area (Å²) in [6.45, 7) is 4.72. The predicted molar refractivity (Wildman–Crippen MR) is 51.3 cm³/mol. The smallest absolute Gasteiger partial charge is 0.226 e. The van der Waals surface area contributed by atoms with Crippen molar-refractivity contribution in [1.29, 1.82) is 0 Å². The van der Waals surface area contributed by atoms with Gasteiger partial charge < -0.3 is 14.8 Å². The van der Waals surface area contributed by atoms with Gasteiger partial charge in [-0.1, -0.05) is 17.9 Å². The van der Waals surface area contributed by atoms with E-state index in [2.05, 4.69) is 23.7 Å². The maximum atomic E-state index is 10.5. The van der Waals surface area contributed by atoms with Gasteiger partial charge in [0.25, 0.3) is 0 Å². The van der Waals surface area contributed by atoms with Crippen molar-refractivity contribution in [3.05, 3.63) is 12.7 Å². The number of hydrogen-bond donors (Lipinski definition) is 1. The minimum absolute atomic E-state index is 0.0253. The fourth-order valence-corrected chi connectivity index (χ4v) is 0.865. The van der Waals surface area contributed by atoms with Crippen molar-refractivity contribution in [3.63, 3.8) is 0 Å². The molecule has 0 aromatic rings. The molecule has 1 saturated heterocycles. The Morgan fingerprint density at radius 3 is 2.93 bits per heavy atom. The summed E-state index contributed by atoms with van der Waals surface area (Å²) in [5.41, 5.74) is 0. The molecule has 1 amide bonds. The molecular weight excluding hydrogens is 182 g/mol. The second kappa shape index (κ2) is 6.19. The molecule has 0 saturated carbocycles. The van der Waals surface area contributed by atoms with Gasteiger partial charge in [-0.2, -0.15) is 0 Å². The zero-order valence-electron chi connectivity index (χ0n) is 7.91. The van der Waals surface area contributed by atoms with Crippen molar-refractivity contribution in [1.82, 2.24) is 5.32 Å². The van der Waals surface area contributed by atoms with Gasteiger partial charge in [-0.3, -0.25) is 4.79 Å². The first-order valence-corrected chi connectivity index (χ1v) is 4.38. The van der Waals surface area contributed by atoms with Gasteiger partial charge >= 0.3 is 0 Å². The topological polar surface area (TPSA) is 47.6 Å². The van der Waals surface area contributed by atoms with Crippen molar-refractivity contribution in [3.8, 4) is 11.8 Å². The van der Waals surface area contributed by atoms with Crippen LogP contribution in [-0.2, 0) is 14.3 Å². The third kappa shape index (κ3) is 4.08. The largest absolute Gasteiger partial charge is 0.365 e. The molecule has 4 nitrogen and oxygen atoms in total. The van der Waals surface area contributed by atoms with Crippen molar-refractivity contribution < 1.29 is 14.3 Å². The monoisotopic (exact) mass is 195 g/mol. The first-order valence-electron chi connectivity index (χ1n) is 4.38. The number of ether oxygens (including phenoxy) is 2. The second-order valence-electron chi connectivity index (χ2n) is 2.73. The summed E-state index contributed by atoms with van der Waals surface area (Å²) in [6.07, 6.45) is 1.96. The summed E-state index contributed by atoms with van der Waals surface area (Å²) < 4.78 is 10.2. The Labute approximate surface area is 83.3 Å². The lowest BCUT2D eigenvalue weighted by molar-refractivity contribution is -0.139. The molecule has 1 N–H and O–H groups in total. The molecule has 1 heterocycles. The van der Waals surface area contributed by atoms with Crippen LogP contribution in [0.4, 0.5) is 0 Å². The van der Waals surface area contributed by atoms with E-state index >= 15 is 0 Å². The van der Waals surface area contributed by atoms with Crippen LogP contribution in [0.1, 0.15) is 6.42 Å². The van der Waals surface area contributed by atoms with Crippen LogP contribution in [0.2, 0.25) is 0 Å². The van der Waals surface area contributed by atoms with Gasteiger partial charge in [0.15, 0.2) is 0 Å². The normalized spacial score (nSPS) is 18.9. The summed E-state index contributed by atoms with van der Waals surface area (Å²) >= 11 is 0. The number of nitrogens with one attached hydrogen (secondary N) is 1. The molecule has 1 aliphatic rings. The van der Waals surface area contributed by atoms with E-state index in [9.17, 15) is 4.79 Å². The van der Waals surface area contributed by atoms with Crippen LogP contribution in [0.25, 0.3) is 0 Å². The van der Waals surface area contributed by atoms with Gasteiger partial charge in [-0.25, -0.2) is 0 Å². The van der Waals surface area contributed by atoms with Crippen LogP contribution >= 0.6 is 0 Å². The van der Waals surface area contributed by atoms with Gasteiger partial charge in [0, 0.05) is 0 Å². The van der Waals surface area contributed by atoms with Crippen LogP contribution in [0.3, 0.4) is 0 Å². The molecule has 0 aromatic carbocycles. The predicted octanol–water partition coefficient (Wildman–Crippen LogP) is 0.0550. The number of carbonyl (C=O) groups excluding carboxylic acids is 1. The lowest BCUT2D eigenvalue weighted by atomic mass is 10.2. The zero-order valence-corrected chi connectivity index (χ0v) is 7.91. The Hall–Kier alpha value is -1.31. The van der Waals surface area contributed by atoms with Crippen molar-refractivity contribution in [2.45, 2.75) is 12.6 Å². The maximum Gasteiger partial charge on any atom is 0.226 e. The Balaban J connectivity index is 1.92. The molecule has 0 aromatic heterocycles. The van der Waals surface area contributed by atoms with E-state index in [1.165, 1.54) is 0 Å². The second-order valence-corrected chi connectivity index (χ2v) is 2.73. The average Bonchev–Trinajstić information content (AvgIpc) is 2.13. The lowest BCUT2D eigenvalue weighted by Gasteiger charge is -2.25. The highest BCUT2D eigenvalue weighted by molar-refractivity contribution is 5.82. The number of amides is 1. The molecule has 76 valence electrons. The lowest BCUT2D eigenvalue weighted by Crippen LogP contribution is -2.50. The third-order valence-electron chi connectivity index (χ3n) is 1.58. The van der Waals surface area contributed by atoms with E-state index in [1.54, 1.807) is 6.08 Å². The fraction of sp³-hybridized carbons (Fsp3) is 0.500. The molecule has 1 atom stereocenters. The first kappa shape index (κ1) is 10.8. The molecule has 1 aliphatic heterocycles. The summed E-state index contributed by atoms with van der Waals surface area (Å²) in [7, 11) is 0. The highest BCUT2D eigenvalue weighted by Gasteiger charge is 2.24. The van der Waals surface area contributed by atoms with Crippen molar-refractivity contribution in [2.75, 3.05) is 19.8 Å². The molecule has 1 unspecified atom stereocenters. The summed E-state index contributed by atoms with van der Waals surface area (Å²) in [4.78, 5) is 10.5. The summed E-state index contributed by atoms with van der Waals surface area (Å²) in [5.74, 6) is 5.58. The quantitative estimate of drug-likeness (QED) is 0.292. The summed E-state index contributed by atoms with van der Waals surface area (Å²) in [5, 5.41) is 2.58. The molecule has 14 heavy (non-hydrogen) atoms. The minimum atomic E-state index is -0.147. The molecule has 1 fully saturated rings. The Kier molecular flexibility index (Phi) is 4.76. The highest BCUT2D eigenvalue weighted by atomic mass is 16.5. The Morgan fingerprint density at radius 1 is 1.57 bits per heavy atom. The fourth-order valence-electron chi connectivity index (χ4n) is 0.865. The Morgan fingerprint density at radius 2 is 2.29 bits per heavy atom. The maximum absolute atomic E-state index is 10.5. The Bertz CT molecular complexity index is 256. The molecule has 1 rings (SSSR count). The molecule has 4 heteroatoms. The number of β-lactam (4-membered cyclic amide) rings is 1. The van der Waals surface area contributed by atoms with Gasteiger partial charge in [-0.15, -0.1) is 6.58 Å². The van der Waals surface area contributed by atoms with Crippen LogP contribution in [0.15, 0.2) is 12.7 Å². The van der Waals surface area contributed by atoms with Crippen molar-refractivity contribution in [2.24, 2.45) is 0 Å². The van der Waals surface area contributed by atoms with Crippen LogP contribution in [-0.4, -0.2) is 32.0 Å². The van der Waals surface area contributed by atoms with E-state index in [-0.39, 0.29) is 12.1 Å². The van der Waals surface area contributed by atoms with E-state index in [4.69, 9.17) is 9.47 Å². The van der Waals surface area contributed by atoms with E-state index in [0.717, 1.165) is 0 Å². The molecule has 0 bridgehead atoms. The standard InChI is InChI=1S/C10H13NO3/c1-2-5-13-6-3-4-7-14-10-8-9(12)11-10/h2,10H,1,5-8H2,(H,11,12). The number of rotatable bonds is 5. The van der Waals surface area contributed by atoms with E-state index in [0.29, 0.717) is 26.2 Å². The van der Waals surface area contributed by atoms with Crippen LogP contribution in [0.5, 0.6) is 0 Å². The van der Waals surface area contributed by atoms with Gasteiger partial charge in [-0.05, 0) is 0 Å². The van der Waals surface area contributed by atoms with E-state index < -0.39 is 0 Å². The average molecular weight is 195 g/mol. The van der Waals surface area contributed by atoms with E-state index in [1.807, 2.05) is 0 Å². The SMILES string of the molecule is C=CCOCC#CCOC1CC(=O)N1. The van der Waals surface area contributed by atoms with Crippen LogP contribution < -0.4 is 5.32 Å². The van der Waals surface area contributed by atoms with Gasteiger partial charge in [0.2, 0.25) is 5.91 Å². The first-order chi connectivity index (χ1) is 6.83. The number of carbonyl (C=O) groups is 1. The van der Waals surface area contributed by atoms with Gasteiger partial charge in [0.1, 0.15) is 19.4 Å². The zero-order chi connectivity index (χ0) is 10.2. The highest BCUT2D eigenvalue weighted by Crippen LogP contribution is 2.04. The number of hydrogen-bond acceptors (Lipinski definition) is 3. The molecule has 0 aliphatic carbocycles. The molecular formula is C10H13NO3. The summed E-state index contributed by atoms with van der Waals surface area (Å²) in [6, 6.07) is 0. The minimum Gasteiger partial charge on any atom is -0.365 e. The van der Waals surface area contributed by atoms with Crippen LogP contribution in [0, 0.1) is 11.8 Å². The van der Waals surface area contributed by atoms with Gasteiger partial charge in [0.05, 0.1) is 13.0 Å². The third-order valence-corrected chi connectivity index (χ3v) is 1.58. The molecule has 0 radical (unpaired) electrons.